The molecule has 0 spiro atoms. The molecule has 1 aliphatic rings. The van der Waals surface area contributed by atoms with Crippen molar-refractivity contribution in [3.05, 3.63) is 53.6 Å². The third-order valence-corrected chi connectivity index (χ3v) is 2.95. The standard InChI is InChI=1S/C16H18O2/c17-12-4-7-14-8-10-16(11-9-14)18-13-15-5-2-1-3-6-15/h2,5-6,8-12H,1,3-4,7,13H2. The molecule has 94 valence electrons. The molecule has 0 radical (unpaired) electrons. The highest BCUT2D eigenvalue weighted by Gasteiger charge is 2.00. The molecule has 0 amide bonds. The fraction of sp³-hybridized carbons (Fsp3) is 0.312. The summed E-state index contributed by atoms with van der Waals surface area (Å²) in [6.45, 7) is 0.629. The van der Waals surface area contributed by atoms with E-state index in [-0.39, 0.29) is 0 Å². The summed E-state index contributed by atoms with van der Waals surface area (Å²) in [7, 11) is 0. The first kappa shape index (κ1) is 12.6. The molecule has 2 rings (SSSR count). The minimum atomic E-state index is 0.581. The summed E-state index contributed by atoms with van der Waals surface area (Å²) in [5.74, 6) is 0.879. The van der Waals surface area contributed by atoms with E-state index in [9.17, 15) is 4.79 Å². The van der Waals surface area contributed by atoms with Crippen LogP contribution in [0.5, 0.6) is 5.75 Å². The van der Waals surface area contributed by atoms with Gasteiger partial charge in [-0.25, -0.2) is 0 Å². The van der Waals surface area contributed by atoms with Gasteiger partial charge in [0, 0.05) is 6.42 Å². The van der Waals surface area contributed by atoms with E-state index in [4.69, 9.17) is 4.74 Å². The van der Waals surface area contributed by atoms with Gasteiger partial charge in [-0.15, -0.1) is 0 Å². The van der Waals surface area contributed by atoms with Crippen molar-refractivity contribution in [2.24, 2.45) is 0 Å². The highest BCUT2D eigenvalue weighted by molar-refractivity contribution is 5.50. The number of carbonyl (C=O) groups excluding carboxylic acids is 1. The zero-order valence-electron chi connectivity index (χ0n) is 10.5. The smallest absolute Gasteiger partial charge is 0.120 e. The van der Waals surface area contributed by atoms with Crippen LogP contribution in [0.1, 0.15) is 24.8 Å². The molecule has 0 aliphatic heterocycles. The molecule has 1 aromatic rings. The predicted octanol–water partition coefficient (Wildman–Crippen LogP) is 3.47. The average molecular weight is 242 g/mol. The quantitative estimate of drug-likeness (QED) is 0.714. The number of rotatable bonds is 6. The van der Waals surface area contributed by atoms with E-state index in [2.05, 4.69) is 18.2 Å². The first-order valence-corrected chi connectivity index (χ1v) is 6.39. The lowest BCUT2D eigenvalue weighted by molar-refractivity contribution is -0.107. The fourth-order valence-corrected chi connectivity index (χ4v) is 1.92. The summed E-state index contributed by atoms with van der Waals surface area (Å²) in [5.41, 5.74) is 2.41. The minimum Gasteiger partial charge on any atom is -0.489 e. The van der Waals surface area contributed by atoms with Crippen LogP contribution in [-0.2, 0) is 11.2 Å². The van der Waals surface area contributed by atoms with E-state index in [0.29, 0.717) is 13.0 Å². The zero-order valence-corrected chi connectivity index (χ0v) is 10.5. The molecule has 0 aromatic heterocycles. The number of hydrogen-bond donors (Lipinski definition) is 0. The lowest BCUT2D eigenvalue weighted by atomic mass is 10.1. The van der Waals surface area contributed by atoms with Gasteiger partial charge < -0.3 is 9.53 Å². The molecule has 2 nitrogen and oxygen atoms in total. The Kier molecular flexibility index (Phi) is 4.77. The number of benzene rings is 1. The first-order valence-electron chi connectivity index (χ1n) is 6.39. The lowest BCUT2D eigenvalue weighted by Gasteiger charge is -2.09. The summed E-state index contributed by atoms with van der Waals surface area (Å²) in [6.07, 6.45) is 11.1. The Labute approximate surface area is 108 Å². The van der Waals surface area contributed by atoms with Crippen molar-refractivity contribution in [1.82, 2.24) is 0 Å². The van der Waals surface area contributed by atoms with E-state index in [1.807, 2.05) is 24.3 Å². The molecule has 0 saturated carbocycles. The molecular weight excluding hydrogens is 224 g/mol. The van der Waals surface area contributed by atoms with Crippen LogP contribution in [0, 0.1) is 0 Å². The van der Waals surface area contributed by atoms with Gasteiger partial charge in [-0.3, -0.25) is 0 Å². The normalized spacial score (nSPS) is 14.1. The van der Waals surface area contributed by atoms with E-state index in [1.165, 1.54) is 11.1 Å². The van der Waals surface area contributed by atoms with E-state index in [1.54, 1.807) is 0 Å². The molecule has 0 bridgehead atoms. The molecule has 0 unspecified atom stereocenters. The fourth-order valence-electron chi connectivity index (χ4n) is 1.92. The van der Waals surface area contributed by atoms with Crippen molar-refractivity contribution in [1.29, 1.82) is 0 Å². The lowest BCUT2D eigenvalue weighted by Crippen LogP contribution is -2.01. The van der Waals surface area contributed by atoms with Crippen LogP contribution >= 0.6 is 0 Å². The van der Waals surface area contributed by atoms with Gasteiger partial charge in [0.05, 0.1) is 0 Å². The zero-order chi connectivity index (χ0) is 12.6. The van der Waals surface area contributed by atoms with Crippen LogP contribution in [-0.4, -0.2) is 12.9 Å². The first-order chi connectivity index (χ1) is 8.88. The van der Waals surface area contributed by atoms with Gasteiger partial charge in [0.25, 0.3) is 0 Å². The van der Waals surface area contributed by atoms with Gasteiger partial charge in [-0.2, -0.15) is 0 Å². The molecule has 0 heterocycles. The molecule has 1 aliphatic carbocycles. The highest BCUT2D eigenvalue weighted by Crippen LogP contribution is 2.16. The van der Waals surface area contributed by atoms with E-state index in [0.717, 1.165) is 31.3 Å². The van der Waals surface area contributed by atoms with Gasteiger partial charge in [0.15, 0.2) is 0 Å². The Hall–Kier alpha value is -1.83. The monoisotopic (exact) mass is 242 g/mol. The Morgan fingerprint density at radius 1 is 1.17 bits per heavy atom. The second-order valence-corrected chi connectivity index (χ2v) is 4.40. The number of aldehydes is 1. The van der Waals surface area contributed by atoms with Crippen molar-refractivity contribution < 1.29 is 9.53 Å². The largest absolute Gasteiger partial charge is 0.489 e. The number of ether oxygens (including phenoxy) is 1. The summed E-state index contributed by atoms with van der Waals surface area (Å²) in [6, 6.07) is 7.97. The van der Waals surface area contributed by atoms with Crippen molar-refractivity contribution in [2.75, 3.05) is 6.61 Å². The third kappa shape index (κ3) is 3.88. The molecule has 1 aromatic carbocycles. The molecule has 2 heteroatoms. The maximum atomic E-state index is 10.3. The van der Waals surface area contributed by atoms with Crippen LogP contribution in [0.25, 0.3) is 0 Å². The third-order valence-electron chi connectivity index (χ3n) is 2.95. The summed E-state index contributed by atoms with van der Waals surface area (Å²) >= 11 is 0. The predicted molar refractivity (Wildman–Crippen MR) is 72.8 cm³/mol. The minimum absolute atomic E-state index is 0.581. The van der Waals surface area contributed by atoms with Crippen molar-refractivity contribution in [3.63, 3.8) is 0 Å². The SMILES string of the molecule is O=CCCc1ccc(OCC2=CCCC=C2)cc1. The Morgan fingerprint density at radius 3 is 2.67 bits per heavy atom. The summed E-state index contributed by atoms with van der Waals surface area (Å²) in [4.78, 5) is 10.3. The number of allylic oxidation sites excluding steroid dienone is 2. The Balaban J connectivity index is 1.84. The van der Waals surface area contributed by atoms with Gasteiger partial charge >= 0.3 is 0 Å². The molecule has 18 heavy (non-hydrogen) atoms. The topological polar surface area (TPSA) is 26.3 Å². The second kappa shape index (κ2) is 6.80. The average Bonchev–Trinajstić information content (AvgIpc) is 2.45. The maximum Gasteiger partial charge on any atom is 0.120 e. The second-order valence-electron chi connectivity index (χ2n) is 4.40. The van der Waals surface area contributed by atoms with Crippen LogP contribution in [0.3, 0.4) is 0 Å². The van der Waals surface area contributed by atoms with Crippen molar-refractivity contribution in [2.45, 2.75) is 25.7 Å². The van der Waals surface area contributed by atoms with Gasteiger partial charge in [-0.05, 0) is 42.5 Å². The van der Waals surface area contributed by atoms with Crippen molar-refractivity contribution in [3.8, 4) is 5.75 Å². The summed E-state index contributed by atoms with van der Waals surface area (Å²) < 4.78 is 5.72. The molecule has 0 saturated heterocycles. The maximum absolute atomic E-state index is 10.3. The molecule has 0 atom stereocenters. The Bertz CT molecular complexity index is 441. The van der Waals surface area contributed by atoms with Crippen LogP contribution in [0.15, 0.2) is 48.1 Å². The van der Waals surface area contributed by atoms with Gasteiger partial charge in [0.2, 0.25) is 0 Å². The number of hydrogen-bond acceptors (Lipinski definition) is 2. The Morgan fingerprint density at radius 2 is 2.00 bits per heavy atom. The highest BCUT2D eigenvalue weighted by atomic mass is 16.5. The molecule has 0 fully saturated rings. The van der Waals surface area contributed by atoms with Crippen LogP contribution < -0.4 is 4.74 Å². The van der Waals surface area contributed by atoms with Gasteiger partial charge in [0.1, 0.15) is 18.6 Å². The molecular formula is C16H18O2. The number of aryl methyl sites for hydroxylation is 1. The number of carbonyl (C=O) groups is 1. The molecule has 0 N–H and O–H groups in total. The van der Waals surface area contributed by atoms with Crippen LogP contribution in [0.2, 0.25) is 0 Å². The van der Waals surface area contributed by atoms with Crippen LogP contribution in [0.4, 0.5) is 0 Å². The summed E-state index contributed by atoms with van der Waals surface area (Å²) in [5, 5.41) is 0. The van der Waals surface area contributed by atoms with E-state index < -0.39 is 0 Å². The van der Waals surface area contributed by atoms with E-state index >= 15 is 0 Å². The van der Waals surface area contributed by atoms with Crippen molar-refractivity contribution >= 4 is 6.29 Å². The van der Waals surface area contributed by atoms with Gasteiger partial charge in [-0.1, -0.05) is 30.4 Å².